The minimum Gasteiger partial charge on any atom is -0.309 e. The van der Waals surface area contributed by atoms with Crippen molar-refractivity contribution in [3.63, 3.8) is 0 Å². The Balaban J connectivity index is 2.09. The van der Waals surface area contributed by atoms with Gasteiger partial charge in [0, 0.05) is 18.8 Å². The van der Waals surface area contributed by atoms with Gasteiger partial charge in [-0.3, -0.25) is 9.08 Å². The van der Waals surface area contributed by atoms with Crippen molar-refractivity contribution in [3.05, 3.63) is 36.2 Å². The molecule has 0 saturated heterocycles. The Labute approximate surface area is 128 Å². The number of hydrogen-bond donors (Lipinski definition) is 0. The van der Waals surface area contributed by atoms with Gasteiger partial charge in [0.05, 0.1) is 22.8 Å². The average molecular weight is 294 g/mol. The minimum absolute atomic E-state index is 0.852. The number of para-hydroxylation sites is 2. The lowest BCUT2D eigenvalue weighted by Crippen LogP contribution is -1.99. The lowest BCUT2D eigenvalue weighted by molar-refractivity contribution is 0.640. The van der Waals surface area contributed by atoms with Crippen LogP contribution in [0.15, 0.2) is 30.5 Å². The highest BCUT2D eigenvalue weighted by molar-refractivity contribution is 5.83. The molecule has 0 radical (unpaired) electrons. The van der Waals surface area contributed by atoms with Gasteiger partial charge in [0.2, 0.25) is 5.78 Å². The summed E-state index contributed by atoms with van der Waals surface area (Å²) >= 11 is 0. The lowest BCUT2D eigenvalue weighted by Gasteiger charge is -2.01. The number of nitrogens with zero attached hydrogens (tertiary/aromatic N) is 6. The smallest absolute Gasteiger partial charge is 0.236 e. The molecule has 4 rings (SSSR count). The van der Waals surface area contributed by atoms with E-state index in [1.165, 1.54) is 5.52 Å². The Morgan fingerprint density at radius 1 is 1.00 bits per heavy atom. The van der Waals surface area contributed by atoms with Gasteiger partial charge in [0.15, 0.2) is 5.82 Å². The summed E-state index contributed by atoms with van der Waals surface area (Å²) in [5.74, 6) is 1.73. The van der Waals surface area contributed by atoms with Gasteiger partial charge in [-0.2, -0.15) is 5.10 Å². The normalized spacial score (nSPS) is 11.8. The summed E-state index contributed by atoms with van der Waals surface area (Å²) in [4.78, 5) is 0. The van der Waals surface area contributed by atoms with Crippen LogP contribution >= 0.6 is 0 Å². The van der Waals surface area contributed by atoms with Crippen molar-refractivity contribution >= 4 is 16.8 Å². The van der Waals surface area contributed by atoms with Gasteiger partial charge in [-0.1, -0.05) is 12.1 Å². The number of rotatable bonds is 3. The molecular formula is C16H18N6. The lowest BCUT2D eigenvalue weighted by atomic mass is 10.2. The van der Waals surface area contributed by atoms with E-state index in [2.05, 4.69) is 63.2 Å². The van der Waals surface area contributed by atoms with Crippen molar-refractivity contribution in [3.8, 4) is 11.4 Å². The number of benzene rings is 1. The monoisotopic (exact) mass is 294 g/mol. The van der Waals surface area contributed by atoms with Crippen molar-refractivity contribution in [1.82, 2.24) is 28.9 Å². The maximum atomic E-state index is 4.43. The second-order valence-corrected chi connectivity index (χ2v) is 5.35. The van der Waals surface area contributed by atoms with Crippen LogP contribution in [-0.2, 0) is 13.1 Å². The molecule has 6 heteroatoms. The zero-order valence-electron chi connectivity index (χ0n) is 13.0. The number of imidazole rings is 1. The topological polar surface area (TPSA) is 52.9 Å². The van der Waals surface area contributed by atoms with E-state index in [1.54, 1.807) is 0 Å². The number of fused-ring (bicyclic) bond motifs is 3. The summed E-state index contributed by atoms with van der Waals surface area (Å²) in [5, 5.41) is 13.3. The van der Waals surface area contributed by atoms with Gasteiger partial charge in [-0.25, -0.2) is 0 Å². The van der Waals surface area contributed by atoms with Crippen LogP contribution in [-0.4, -0.2) is 28.9 Å². The third-order valence-corrected chi connectivity index (χ3v) is 4.26. The van der Waals surface area contributed by atoms with E-state index in [0.29, 0.717) is 0 Å². The van der Waals surface area contributed by atoms with Gasteiger partial charge >= 0.3 is 0 Å². The van der Waals surface area contributed by atoms with Crippen molar-refractivity contribution < 1.29 is 0 Å². The molecule has 0 aliphatic carbocycles. The van der Waals surface area contributed by atoms with Crippen LogP contribution in [0.4, 0.5) is 0 Å². The van der Waals surface area contributed by atoms with Gasteiger partial charge < -0.3 is 4.57 Å². The Hall–Kier alpha value is -2.63. The van der Waals surface area contributed by atoms with Crippen molar-refractivity contribution in [1.29, 1.82) is 0 Å². The average Bonchev–Trinajstić information content (AvgIpc) is 3.19. The fourth-order valence-electron chi connectivity index (χ4n) is 3.13. The number of aromatic nitrogens is 6. The standard InChI is InChI=1S/C16H18N6/c1-4-20-13-8-6-7-9-14(13)22-15(18-19-16(20)22)12-10-17-21(5-2)11(12)3/h6-10H,4-5H2,1-3H3. The van der Waals surface area contributed by atoms with Gasteiger partial charge in [-0.05, 0) is 32.9 Å². The molecule has 6 nitrogen and oxygen atoms in total. The number of hydrogen-bond acceptors (Lipinski definition) is 3. The molecule has 0 amide bonds. The summed E-state index contributed by atoms with van der Waals surface area (Å²) in [7, 11) is 0. The molecule has 0 fully saturated rings. The third-order valence-electron chi connectivity index (χ3n) is 4.26. The highest BCUT2D eigenvalue weighted by Crippen LogP contribution is 2.27. The molecule has 0 saturated carbocycles. The zero-order chi connectivity index (χ0) is 15.3. The first-order valence-corrected chi connectivity index (χ1v) is 7.61. The summed E-state index contributed by atoms with van der Waals surface area (Å²) in [6.45, 7) is 8.01. The van der Waals surface area contributed by atoms with E-state index < -0.39 is 0 Å². The van der Waals surface area contributed by atoms with Crippen molar-refractivity contribution in [2.75, 3.05) is 0 Å². The van der Waals surface area contributed by atoms with Crippen LogP contribution in [0.25, 0.3) is 28.2 Å². The molecule has 1 aromatic carbocycles. The Morgan fingerprint density at radius 2 is 1.77 bits per heavy atom. The Kier molecular flexibility index (Phi) is 2.79. The van der Waals surface area contributed by atoms with Gasteiger partial charge in [0.25, 0.3) is 0 Å². The quantitative estimate of drug-likeness (QED) is 0.584. The first-order valence-electron chi connectivity index (χ1n) is 7.61. The molecule has 0 unspecified atom stereocenters. The predicted octanol–water partition coefficient (Wildman–Crippen LogP) is 2.90. The molecule has 22 heavy (non-hydrogen) atoms. The molecule has 0 N–H and O–H groups in total. The largest absolute Gasteiger partial charge is 0.309 e. The molecule has 3 aromatic heterocycles. The maximum Gasteiger partial charge on any atom is 0.236 e. The first-order chi connectivity index (χ1) is 10.8. The molecule has 0 atom stereocenters. The second kappa shape index (κ2) is 4.69. The fourth-order valence-corrected chi connectivity index (χ4v) is 3.13. The van der Waals surface area contributed by atoms with E-state index in [-0.39, 0.29) is 0 Å². The number of aryl methyl sites for hydroxylation is 2. The van der Waals surface area contributed by atoms with Gasteiger partial charge in [0.1, 0.15) is 0 Å². The molecule has 0 aliphatic rings. The Morgan fingerprint density at radius 3 is 2.45 bits per heavy atom. The third kappa shape index (κ3) is 1.57. The van der Waals surface area contributed by atoms with E-state index >= 15 is 0 Å². The first kappa shape index (κ1) is 13.1. The highest BCUT2D eigenvalue weighted by Gasteiger charge is 2.19. The maximum absolute atomic E-state index is 4.43. The summed E-state index contributed by atoms with van der Waals surface area (Å²) in [5.41, 5.74) is 4.46. The summed E-state index contributed by atoms with van der Waals surface area (Å²) < 4.78 is 6.30. The predicted molar refractivity (Wildman–Crippen MR) is 85.8 cm³/mol. The summed E-state index contributed by atoms with van der Waals surface area (Å²) in [6.07, 6.45) is 1.88. The van der Waals surface area contributed by atoms with Crippen LogP contribution < -0.4 is 0 Å². The molecule has 0 bridgehead atoms. The molecule has 0 aliphatic heterocycles. The van der Waals surface area contributed by atoms with Gasteiger partial charge in [-0.15, -0.1) is 10.2 Å². The van der Waals surface area contributed by atoms with Crippen LogP contribution in [0.5, 0.6) is 0 Å². The van der Waals surface area contributed by atoms with E-state index in [4.69, 9.17) is 0 Å². The molecule has 3 heterocycles. The van der Waals surface area contributed by atoms with E-state index in [0.717, 1.165) is 41.5 Å². The van der Waals surface area contributed by atoms with Crippen LogP contribution in [0, 0.1) is 6.92 Å². The van der Waals surface area contributed by atoms with Crippen LogP contribution in [0.3, 0.4) is 0 Å². The van der Waals surface area contributed by atoms with Crippen molar-refractivity contribution in [2.45, 2.75) is 33.9 Å². The molecule has 0 spiro atoms. The fraction of sp³-hybridized carbons (Fsp3) is 0.312. The minimum atomic E-state index is 0.852. The Bertz CT molecular complexity index is 971. The molecule has 4 aromatic rings. The molecular weight excluding hydrogens is 276 g/mol. The SMILES string of the molecule is CCn1ncc(-c2nnc3n(CC)c4ccccc4n23)c1C. The van der Waals surface area contributed by atoms with Crippen LogP contribution in [0.2, 0.25) is 0 Å². The summed E-state index contributed by atoms with van der Waals surface area (Å²) in [6, 6.07) is 8.34. The van der Waals surface area contributed by atoms with E-state index in [9.17, 15) is 0 Å². The van der Waals surface area contributed by atoms with Crippen LogP contribution in [0.1, 0.15) is 19.5 Å². The highest BCUT2D eigenvalue weighted by atomic mass is 15.3. The van der Waals surface area contributed by atoms with Crippen molar-refractivity contribution in [2.24, 2.45) is 0 Å². The second-order valence-electron chi connectivity index (χ2n) is 5.35. The zero-order valence-corrected chi connectivity index (χ0v) is 13.0. The molecule has 112 valence electrons. The van der Waals surface area contributed by atoms with E-state index in [1.807, 2.05) is 16.9 Å².